The van der Waals surface area contributed by atoms with Gasteiger partial charge in [-0.05, 0) is 94.7 Å². The van der Waals surface area contributed by atoms with Gasteiger partial charge in [0, 0.05) is 29.7 Å². The predicted octanol–water partition coefficient (Wildman–Crippen LogP) is 7.31. The van der Waals surface area contributed by atoms with Crippen LogP contribution in [0, 0.1) is 29.6 Å². The number of carbonyl (C=O) groups excluding carboxylic acids is 4. The molecule has 11 nitrogen and oxygen atoms in total. The lowest BCUT2D eigenvalue weighted by Crippen LogP contribution is -2.48. The number of aryl methyl sites for hydroxylation is 2. The van der Waals surface area contributed by atoms with Crippen molar-refractivity contribution in [2.75, 3.05) is 13.2 Å². The van der Waals surface area contributed by atoms with Crippen molar-refractivity contribution in [3.8, 4) is 5.75 Å². The molecule has 316 valence electrons. The highest BCUT2D eigenvalue weighted by molar-refractivity contribution is 7.91. The number of amides is 2. The van der Waals surface area contributed by atoms with Gasteiger partial charge in [0.25, 0.3) is 0 Å². The van der Waals surface area contributed by atoms with Crippen molar-refractivity contribution in [2.45, 2.75) is 141 Å². The number of aromatic nitrogens is 1. The maximum atomic E-state index is 14.8. The Labute approximate surface area is 337 Å². The molecule has 2 saturated carbocycles. The summed E-state index contributed by atoms with van der Waals surface area (Å²) in [4.78, 5) is 62.9. The number of Topliss-reactive ketones (excluding diaryl/α,β-unsaturated/α-hetero) is 1. The van der Waals surface area contributed by atoms with E-state index in [1.165, 1.54) is 11.0 Å². The van der Waals surface area contributed by atoms with Crippen molar-refractivity contribution in [1.29, 1.82) is 0 Å². The first-order chi connectivity index (χ1) is 27.1. The van der Waals surface area contributed by atoms with Crippen LogP contribution in [0.5, 0.6) is 5.75 Å². The molecule has 5 atom stereocenters. The zero-order valence-corrected chi connectivity index (χ0v) is 34.7. The monoisotopic (exact) mass is 829 g/mol. The lowest BCUT2D eigenvalue weighted by atomic mass is 9.85. The molecule has 1 N–H and O–H groups in total. The van der Waals surface area contributed by atoms with Crippen LogP contribution in [0.4, 0.5) is 13.2 Å². The van der Waals surface area contributed by atoms with Crippen LogP contribution in [-0.2, 0) is 46.5 Å². The predicted molar refractivity (Wildman–Crippen MR) is 209 cm³/mol. The van der Waals surface area contributed by atoms with E-state index in [1.54, 1.807) is 13.8 Å². The second kappa shape index (κ2) is 14.9. The van der Waals surface area contributed by atoms with Crippen LogP contribution in [0.2, 0.25) is 0 Å². The fourth-order valence-corrected chi connectivity index (χ4v) is 10.2. The van der Waals surface area contributed by atoms with E-state index in [4.69, 9.17) is 9.47 Å². The molecule has 1 aromatic carbocycles. The molecule has 2 aromatic rings. The van der Waals surface area contributed by atoms with Gasteiger partial charge in [0.2, 0.25) is 21.8 Å². The van der Waals surface area contributed by atoms with Gasteiger partial charge >= 0.3 is 12.1 Å². The summed E-state index contributed by atoms with van der Waals surface area (Å²) in [5, 5.41) is 0.315. The van der Waals surface area contributed by atoms with E-state index in [9.17, 15) is 40.8 Å². The molecule has 3 aliphatic heterocycles. The number of nitrogens with one attached hydrogen (secondary N) is 1. The van der Waals surface area contributed by atoms with E-state index in [0.717, 1.165) is 25.0 Å². The Hall–Kier alpha value is -4.01. The summed E-state index contributed by atoms with van der Waals surface area (Å²) in [5.74, 6) is -2.97. The maximum Gasteiger partial charge on any atom is 0.416 e. The highest BCUT2D eigenvalue weighted by Gasteiger charge is 2.63. The molecule has 4 heterocycles. The topological polar surface area (TPSA) is 149 Å². The number of hydrogen-bond acceptors (Lipinski definition) is 9. The number of ketones is 1. The smallest absolute Gasteiger partial charge is 0.416 e. The van der Waals surface area contributed by atoms with Gasteiger partial charge in [0.15, 0.2) is 5.78 Å². The van der Waals surface area contributed by atoms with Crippen molar-refractivity contribution in [3.05, 3.63) is 47.2 Å². The van der Waals surface area contributed by atoms with E-state index in [1.807, 2.05) is 32.9 Å². The van der Waals surface area contributed by atoms with Crippen molar-refractivity contribution in [3.63, 3.8) is 0 Å². The van der Waals surface area contributed by atoms with Crippen molar-refractivity contribution >= 4 is 44.5 Å². The third-order valence-electron chi connectivity index (χ3n) is 12.9. The molecule has 2 amide bonds. The number of pyridine rings is 1. The Morgan fingerprint density at radius 3 is 2.50 bits per heavy atom. The molecular formula is C43H54F3N3O8S. The molecule has 58 heavy (non-hydrogen) atoms. The van der Waals surface area contributed by atoms with Crippen LogP contribution in [0.15, 0.2) is 30.4 Å². The van der Waals surface area contributed by atoms with Crippen molar-refractivity contribution < 1.29 is 50.2 Å². The molecule has 0 unspecified atom stereocenters. The van der Waals surface area contributed by atoms with Gasteiger partial charge in [0.1, 0.15) is 11.4 Å². The summed E-state index contributed by atoms with van der Waals surface area (Å²) in [5.41, 5.74) is -2.16. The third-order valence-corrected chi connectivity index (χ3v) is 15.0. The minimum absolute atomic E-state index is 0.0346. The number of ether oxygens (including phenoxy) is 2. The van der Waals surface area contributed by atoms with Gasteiger partial charge < -0.3 is 14.4 Å². The summed E-state index contributed by atoms with van der Waals surface area (Å²) in [7, 11) is -4.00. The fraction of sp³-hybridized carbons (Fsp3) is 0.651. The number of nitrogens with zero attached hydrogens (tertiary/aromatic N) is 2. The van der Waals surface area contributed by atoms with Gasteiger partial charge in [0.05, 0.1) is 52.6 Å². The number of halogens is 3. The fourth-order valence-electron chi connectivity index (χ4n) is 8.90. The lowest BCUT2D eigenvalue weighted by molar-refractivity contribution is -0.152. The Bertz CT molecular complexity index is 2160. The van der Waals surface area contributed by atoms with E-state index in [0.29, 0.717) is 60.0 Å². The second-order valence-electron chi connectivity index (χ2n) is 18.9. The average molecular weight is 830 g/mol. The number of hydrogen-bond donors (Lipinski definition) is 1. The van der Waals surface area contributed by atoms with Crippen LogP contribution in [0.25, 0.3) is 10.9 Å². The van der Waals surface area contributed by atoms with Crippen LogP contribution < -0.4 is 9.46 Å². The standard InChI is InChI=1S/C43H54F3N3O8S/c1-26-36-30(31-20-28(43(44,45)46)13-14-32(31)47-26)15-16-41(57-36)22-33-34(50)23-42(38(53)48-58(54,55)40(5)17-18-40)21-29(42)12-10-8-6-7-9-11-27(37(52)49(33)24-41)19-35(51)56-25-39(2,3)4/h10,12-14,20,27,29,33H,6-9,11,15-19,21-25H2,1-5H3,(H,48,53)/b12-10-/t27-,29-,33+,41-,42-/m1/s1. The highest BCUT2D eigenvalue weighted by atomic mass is 32.2. The first-order valence-corrected chi connectivity index (χ1v) is 22.0. The van der Waals surface area contributed by atoms with Gasteiger partial charge in [-0.2, -0.15) is 13.2 Å². The summed E-state index contributed by atoms with van der Waals surface area (Å²) >= 11 is 0. The summed E-state index contributed by atoms with van der Waals surface area (Å²) < 4.78 is 81.4. The Morgan fingerprint density at radius 2 is 1.81 bits per heavy atom. The van der Waals surface area contributed by atoms with E-state index < -0.39 is 73.1 Å². The maximum absolute atomic E-state index is 14.8. The van der Waals surface area contributed by atoms with E-state index >= 15 is 0 Å². The Kier molecular flexibility index (Phi) is 10.8. The Balaban J connectivity index is 1.24. The molecule has 1 saturated heterocycles. The van der Waals surface area contributed by atoms with Crippen molar-refractivity contribution in [2.24, 2.45) is 22.7 Å². The molecule has 1 aromatic heterocycles. The summed E-state index contributed by atoms with van der Waals surface area (Å²) in [6, 6.07) is 2.33. The van der Waals surface area contributed by atoms with Crippen LogP contribution in [-0.4, -0.2) is 71.4 Å². The molecule has 0 bridgehead atoms. The Morgan fingerprint density at radius 1 is 1.07 bits per heavy atom. The molecule has 7 rings (SSSR count). The van der Waals surface area contributed by atoms with Crippen molar-refractivity contribution in [1.82, 2.24) is 14.6 Å². The quantitative estimate of drug-likeness (QED) is 0.234. The number of sulfonamides is 1. The minimum Gasteiger partial charge on any atom is -0.483 e. The molecule has 1 spiro atoms. The summed E-state index contributed by atoms with van der Waals surface area (Å²) in [6.07, 6.45) is 3.78. The number of esters is 1. The second-order valence-corrected chi connectivity index (χ2v) is 21.1. The molecule has 3 fully saturated rings. The van der Waals surface area contributed by atoms with Gasteiger partial charge in [-0.25, -0.2) is 13.4 Å². The number of carbonyl (C=O) groups is 4. The van der Waals surface area contributed by atoms with Crippen LogP contribution >= 0.6 is 0 Å². The first-order valence-electron chi connectivity index (χ1n) is 20.5. The SMILES string of the molecule is Cc1nc2ccc(C(F)(F)F)cc2c2c1O[C@]1(CC2)C[C@H]2C(=O)C[C@]3(C(=O)NS(=O)(=O)C4(C)CC4)C[C@H]3/C=C\CCCCC[C@H](CC(=O)OCC(C)(C)C)C(=O)N2C1. The average Bonchev–Trinajstić information content (AvgIpc) is 4.03. The minimum atomic E-state index is -4.57. The number of alkyl halides is 3. The van der Waals surface area contributed by atoms with Gasteiger partial charge in [-0.3, -0.25) is 23.9 Å². The molecule has 5 aliphatic rings. The number of allylic oxidation sites excluding steroid dienone is 2. The molecule has 15 heteroatoms. The largest absolute Gasteiger partial charge is 0.483 e. The number of fused-ring (bicyclic) bond motifs is 5. The lowest BCUT2D eigenvalue weighted by Gasteiger charge is -2.37. The van der Waals surface area contributed by atoms with Gasteiger partial charge in [-0.1, -0.05) is 45.8 Å². The number of benzene rings is 1. The zero-order valence-electron chi connectivity index (χ0n) is 33.9. The summed E-state index contributed by atoms with van der Waals surface area (Å²) in [6.45, 7) is 9.21. The van der Waals surface area contributed by atoms with E-state index in [-0.39, 0.29) is 63.0 Å². The van der Waals surface area contributed by atoms with E-state index in [2.05, 4.69) is 9.71 Å². The van der Waals surface area contributed by atoms with Crippen LogP contribution in [0.3, 0.4) is 0 Å². The third kappa shape index (κ3) is 8.38. The first kappa shape index (κ1) is 42.1. The highest BCUT2D eigenvalue weighted by Crippen LogP contribution is 2.58. The molecular weight excluding hydrogens is 776 g/mol. The van der Waals surface area contributed by atoms with Crippen LogP contribution in [0.1, 0.15) is 122 Å². The normalized spacial score (nSPS) is 29.3. The molecule has 2 aliphatic carbocycles. The molecule has 0 radical (unpaired) electrons. The number of rotatable bonds is 6. The zero-order chi connectivity index (χ0) is 42.1. The van der Waals surface area contributed by atoms with Gasteiger partial charge in [-0.15, -0.1) is 0 Å².